The van der Waals surface area contributed by atoms with Crippen LogP contribution in [-0.2, 0) is 21.1 Å². The number of rotatable bonds is 9. The van der Waals surface area contributed by atoms with Gasteiger partial charge in [0.1, 0.15) is 24.5 Å². The zero-order valence-electron chi connectivity index (χ0n) is 19.6. The molecule has 0 bridgehead atoms. The molecule has 0 aliphatic rings. The van der Waals surface area contributed by atoms with Gasteiger partial charge in [0.15, 0.2) is 0 Å². The van der Waals surface area contributed by atoms with Crippen LogP contribution in [0.4, 0.5) is 10.6 Å². The number of ether oxygens (including phenoxy) is 2. The molecule has 0 saturated carbocycles. The zero-order chi connectivity index (χ0) is 24.7. The fraction of sp³-hybridized carbons (Fsp3) is 0.348. The topological polar surface area (TPSA) is 106 Å². The largest absolute Gasteiger partial charge is 0.488 e. The van der Waals surface area contributed by atoms with E-state index in [0.29, 0.717) is 10.6 Å². The van der Waals surface area contributed by atoms with Gasteiger partial charge in [0, 0.05) is 35.7 Å². The van der Waals surface area contributed by atoms with Gasteiger partial charge in [0.2, 0.25) is 0 Å². The van der Waals surface area contributed by atoms with E-state index in [2.05, 4.69) is 40.5 Å². The van der Waals surface area contributed by atoms with E-state index in [1.807, 2.05) is 32.3 Å². The predicted molar refractivity (Wildman–Crippen MR) is 137 cm³/mol. The Bertz CT molecular complexity index is 1290. The SMILES string of the molecule is CCOC(=O)N=S(C)(=O)c1cccc(COc2cc3ncnc(NCCN(C)C)c3cc2Br)c1. The van der Waals surface area contributed by atoms with Crippen LogP contribution in [0, 0.1) is 0 Å². The average Bonchev–Trinajstić information content (AvgIpc) is 2.78. The summed E-state index contributed by atoms with van der Waals surface area (Å²) in [5, 5.41) is 4.22. The lowest BCUT2D eigenvalue weighted by Crippen LogP contribution is -2.21. The van der Waals surface area contributed by atoms with Crippen LogP contribution in [-0.4, -0.2) is 65.2 Å². The first-order valence-electron chi connectivity index (χ1n) is 10.6. The van der Waals surface area contributed by atoms with E-state index in [1.165, 1.54) is 12.6 Å². The van der Waals surface area contributed by atoms with Gasteiger partial charge >= 0.3 is 6.09 Å². The first kappa shape index (κ1) is 25.9. The summed E-state index contributed by atoms with van der Waals surface area (Å²) in [6.07, 6.45) is 2.09. The number of carbonyl (C=O) groups excluding carboxylic acids is 1. The molecule has 3 rings (SSSR count). The first-order chi connectivity index (χ1) is 16.2. The van der Waals surface area contributed by atoms with E-state index >= 15 is 0 Å². The molecule has 0 saturated heterocycles. The number of hydrogen-bond donors (Lipinski definition) is 1. The number of amides is 1. The minimum atomic E-state index is -2.93. The fourth-order valence-corrected chi connectivity index (χ4v) is 4.69. The number of benzene rings is 2. The summed E-state index contributed by atoms with van der Waals surface area (Å²) in [6.45, 7) is 3.71. The van der Waals surface area contributed by atoms with Crippen molar-refractivity contribution in [2.75, 3.05) is 45.4 Å². The molecule has 0 radical (unpaired) electrons. The van der Waals surface area contributed by atoms with Crippen molar-refractivity contribution in [2.45, 2.75) is 18.4 Å². The summed E-state index contributed by atoms with van der Waals surface area (Å²) in [7, 11) is 1.10. The van der Waals surface area contributed by atoms with Crippen LogP contribution in [0.1, 0.15) is 12.5 Å². The van der Waals surface area contributed by atoms with Crippen LogP contribution in [0.2, 0.25) is 0 Å². The molecule has 1 atom stereocenters. The summed E-state index contributed by atoms with van der Waals surface area (Å²) in [6, 6.07) is 10.8. The van der Waals surface area contributed by atoms with E-state index in [0.717, 1.165) is 39.8 Å². The summed E-state index contributed by atoms with van der Waals surface area (Å²) >= 11 is 3.58. The number of nitrogens with one attached hydrogen (secondary N) is 1. The highest BCUT2D eigenvalue weighted by molar-refractivity contribution is 9.10. The molecule has 0 aliphatic carbocycles. The molecule has 1 amide bonds. The Morgan fingerprint density at radius 3 is 2.76 bits per heavy atom. The number of halogens is 1. The molecule has 2 aromatic carbocycles. The van der Waals surface area contributed by atoms with Gasteiger partial charge in [0.25, 0.3) is 0 Å². The summed E-state index contributed by atoms with van der Waals surface area (Å²) in [5.41, 5.74) is 1.53. The van der Waals surface area contributed by atoms with Crippen molar-refractivity contribution in [3.05, 3.63) is 52.8 Å². The number of anilines is 1. The van der Waals surface area contributed by atoms with E-state index in [4.69, 9.17) is 9.47 Å². The molecule has 9 nitrogen and oxygen atoms in total. The lowest BCUT2D eigenvalue weighted by atomic mass is 10.2. The molecule has 0 spiro atoms. The van der Waals surface area contributed by atoms with Gasteiger partial charge in [-0.1, -0.05) is 12.1 Å². The quantitative estimate of drug-likeness (QED) is 0.414. The lowest BCUT2D eigenvalue weighted by Gasteiger charge is -2.14. The number of aromatic nitrogens is 2. The molecular weight excluding hydrogens is 522 g/mol. The summed E-state index contributed by atoms with van der Waals surface area (Å²) in [5.74, 6) is 1.37. The van der Waals surface area contributed by atoms with Crippen molar-refractivity contribution < 1.29 is 18.5 Å². The molecule has 0 fully saturated rings. The van der Waals surface area contributed by atoms with Gasteiger partial charge in [-0.25, -0.2) is 19.0 Å². The van der Waals surface area contributed by atoms with E-state index in [-0.39, 0.29) is 13.2 Å². The number of fused-ring (bicyclic) bond motifs is 1. The Labute approximate surface area is 208 Å². The second-order valence-corrected chi connectivity index (χ2v) is 10.9. The van der Waals surface area contributed by atoms with Gasteiger partial charge in [0.05, 0.1) is 26.3 Å². The summed E-state index contributed by atoms with van der Waals surface area (Å²) < 4.78 is 28.2. The summed E-state index contributed by atoms with van der Waals surface area (Å²) in [4.78, 5) is 22.9. The second-order valence-electron chi connectivity index (χ2n) is 7.78. The standard InChI is InChI=1S/C23H28BrN5O4S/c1-5-32-23(30)28-34(4,31)17-8-6-7-16(11-17)14-33-21-13-20-18(12-19(21)24)22(27-15-26-20)25-9-10-29(2)3/h6-8,11-13,15H,5,9-10,14H2,1-4H3,(H,25,26,27). The highest BCUT2D eigenvalue weighted by atomic mass is 79.9. The number of likely N-dealkylation sites (N-methyl/N-ethyl adjacent to an activating group) is 1. The van der Waals surface area contributed by atoms with Crippen molar-refractivity contribution in [1.82, 2.24) is 14.9 Å². The monoisotopic (exact) mass is 549 g/mol. The average molecular weight is 550 g/mol. The smallest absolute Gasteiger partial charge is 0.442 e. The molecule has 1 unspecified atom stereocenters. The van der Waals surface area contributed by atoms with Crippen molar-refractivity contribution in [2.24, 2.45) is 4.36 Å². The third kappa shape index (κ3) is 6.87. The van der Waals surface area contributed by atoms with E-state index in [1.54, 1.807) is 25.1 Å². The van der Waals surface area contributed by atoms with Gasteiger partial charge in [-0.05, 0) is 60.7 Å². The van der Waals surface area contributed by atoms with Crippen LogP contribution in [0.5, 0.6) is 5.75 Å². The van der Waals surface area contributed by atoms with Gasteiger partial charge in [-0.3, -0.25) is 0 Å². The fourth-order valence-electron chi connectivity index (χ4n) is 3.08. The number of hydrogen-bond acceptors (Lipinski definition) is 8. The third-order valence-electron chi connectivity index (χ3n) is 4.79. The van der Waals surface area contributed by atoms with Crippen molar-refractivity contribution in [1.29, 1.82) is 0 Å². The Balaban J connectivity index is 1.78. The van der Waals surface area contributed by atoms with Crippen molar-refractivity contribution >= 4 is 48.5 Å². The first-order valence-corrected chi connectivity index (χ1v) is 13.3. The Hall–Kier alpha value is -2.76. The van der Waals surface area contributed by atoms with Crippen LogP contribution in [0.15, 0.2) is 56.5 Å². The van der Waals surface area contributed by atoms with Gasteiger partial charge in [-0.15, -0.1) is 4.36 Å². The van der Waals surface area contributed by atoms with Crippen LogP contribution >= 0.6 is 15.9 Å². The van der Waals surface area contributed by atoms with E-state index in [9.17, 15) is 9.00 Å². The molecule has 1 heterocycles. The Morgan fingerprint density at radius 2 is 2.03 bits per heavy atom. The maximum atomic E-state index is 12.9. The number of carbonyl (C=O) groups is 1. The van der Waals surface area contributed by atoms with Crippen LogP contribution < -0.4 is 10.1 Å². The van der Waals surface area contributed by atoms with Crippen molar-refractivity contribution in [3.63, 3.8) is 0 Å². The predicted octanol–water partition coefficient (Wildman–Crippen LogP) is 4.56. The minimum absolute atomic E-state index is 0.172. The second kappa shape index (κ2) is 11.6. The van der Waals surface area contributed by atoms with Crippen LogP contribution in [0.25, 0.3) is 10.9 Å². The van der Waals surface area contributed by atoms with Gasteiger partial charge < -0.3 is 19.7 Å². The molecule has 34 heavy (non-hydrogen) atoms. The number of nitrogens with zero attached hydrogens (tertiary/aromatic N) is 4. The minimum Gasteiger partial charge on any atom is -0.488 e. The normalized spacial score (nSPS) is 12.9. The highest BCUT2D eigenvalue weighted by Gasteiger charge is 2.13. The molecule has 0 aliphatic heterocycles. The molecule has 11 heteroatoms. The lowest BCUT2D eigenvalue weighted by molar-refractivity contribution is 0.164. The molecule has 1 aromatic heterocycles. The van der Waals surface area contributed by atoms with Crippen LogP contribution in [0.3, 0.4) is 0 Å². The van der Waals surface area contributed by atoms with E-state index < -0.39 is 15.8 Å². The molecule has 1 N–H and O–H groups in total. The Morgan fingerprint density at radius 1 is 1.24 bits per heavy atom. The zero-order valence-corrected chi connectivity index (χ0v) is 22.0. The molecule has 182 valence electrons. The highest BCUT2D eigenvalue weighted by Crippen LogP contribution is 2.32. The molecule has 3 aromatic rings. The van der Waals surface area contributed by atoms with Crippen molar-refractivity contribution in [3.8, 4) is 5.75 Å². The maximum absolute atomic E-state index is 12.9. The molecular formula is C23H28BrN5O4S. The Kier molecular flexibility index (Phi) is 8.81. The van der Waals surface area contributed by atoms with Gasteiger partial charge in [-0.2, -0.15) is 0 Å². The maximum Gasteiger partial charge on any atom is 0.442 e. The third-order valence-corrected chi connectivity index (χ3v) is 7.03.